The highest BCUT2D eigenvalue weighted by Gasteiger charge is 2.36. The highest BCUT2D eigenvalue weighted by Crippen LogP contribution is 2.35. The van der Waals surface area contributed by atoms with Crippen LogP contribution >= 0.6 is 11.6 Å². The predicted molar refractivity (Wildman–Crippen MR) is 155 cm³/mol. The second-order valence-electron chi connectivity index (χ2n) is 11.5. The Morgan fingerprint density at radius 2 is 1.92 bits per heavy atom. The van der Waals surface area contributed by atoms with E-state index in [2.05, 4.69) is 66.7 Å². The first kappa shape index (κ1) is 26.3. The topological polar surface area (TPSA) is 51.4 Å². The zero-order valence-corrected chi connectivity index (χ0v) is 23.2. The van der Waals surface area contributed by atoms with E-state index in [0.29, 0.717) is 11.8 Å². The lowest BCUT2D eigenvalue weighted by Gasteiger charge is -2.39. The highest BCUT2D eigenvalue weighted by atomic mass is 35.5. The van der Waals surface area contributed by atoms with Crippen molar-refractivity contribution in [2.45, 2.75) is 57.4 Å². The number of rotatable bonds is 8. The van der Waals surface area contributed by atoms with Crippen LogP contribution in [-0.4, -0.2) is 55.6 Å². The third-order valence-corrected chi connectivity index (χ3v) is 8.64. The molecule has 3 aromatic rings. The summed E-state index contributed by atoms with van der Waals surface area (Å²) in [5.74, 6) is 1.21. The summed E-state index contributed by atoms with van der Waals surface area (Å²) >= 11 is 6.40. The molecule has 1 amide bonds. The number of amides is 1. The second kappa shape index (κ2) is 11.6. The van der Waals surface area contributed by atoms with Crippen LogP contribution in [0.4, 0.5) is 5.69 Å². The smallest absolute Gasteiger partial charge is 0.244 e. The Morgan fingerprint density at radius 3 is 2.70 bits per heavy atom. The quantitative estimate of drug-likeness (QED) is 0.370. The van der Waals surface area contributed by atoms with Crippen LogP contribution in [0.2, 0.25) is 5.02 Å². The van der Waals surface area contributed by atoms with Gasteiger partial charge in [-0.05, 0) is 87.1 Å². The van der Waals surface area contributed by atoms with Crippen LogP contribution < -0.4 is 10.2 Å². The fraction of sp³-hybridized carbons (Fsp3) is 0.516. The van der Waals surface area contributed by atoms with Gasteiger partial charge in [0.15, 0.2) is 0 Å². The average molecular weight is 521 g/mol. The normalized spacial score (nSPS) is 20.2. The molecule has 1 aliphatic heterocycles. The number of nitrogens with one attached hydrogen (secondary N) is 2. The zero-order chi connectivity index (χ0) is 25.9. The van der Waals surface area contributed by atoms with Crippen molar-refractivity contribution in [2.75, 3.05) is 38.6 Å². The molecule has 1 aromatic heterocycles. The Morgan fingerprint density at radius 1 is 1.14 bits per heavy atom. The summed E-state index contributed by atoms with van der Waals surface area (Å²) in [5.41, 5.74) is 4.50. The second-order valence-corrected chi connectivity index (χ2v) is 12.0. The van der Waals surface area contributed by atoms with Crippen molar-refractivity contribution in [3.05, 3.63) is 64.8 Å². The van der Waals surface area contributed by atoms with Gasteiger partial charge in [-0.1, -0.05) is 56.0 Å². The van der Waals surface area contributed by atoms with Gasteiger partial charge in [0.2, 0.25) is 5.91 Å². The van der Waals surface area contributed by atoms with Crippen molar-refractivity contribution >= 4 is 34.1 Å². The Balaban J connectivity index is 1.47. The number of aromatic nitrogens is 1. The van der Waals surface area contributed by atoms with E-state index in [1.165, 1.54) is 48.6 Å². The van der Waals surface area contributed by atoms with Crippen molar-refractivity contribution < 1.29 is 4.79 Å². The Hall–Kier alpha value is -2.34. The molecule has 1 saturated carbocycles. The predicted octanol–water partition coefficient (Wildman–Crippen LogP) is 6.23. The first-order valence-corrected chi connectivity index (χ1v) is 14.3. The van der Waals surface area contributed by atoms with Gasteiger partial charge in [-0.2, -0.15) is 0 Å². The summed E-state index contributed by atoms with van der Waals surface area (Å²) in [6, 6.07) is 14.1. The number of hydrogen-bond acceptors (Lipinski definition) is 3. The van der Waals surface area contributed by atoms with Gasteiger partial charge < -0.3 is 20.1 Å². The van der Waals surface area contributed by atoms with Crippen molar-refractivity contribution in [1.29, 1.82) is 0 Å². The van der Waals surface area contributed by atoms with Crippen LogP contribution in [0, 0.1) is 11.8 Å². The van der Waals surface area contributed by atoms with Crippen LogP contribution in [0.25, 0.3) is 10.9 Å². The molecule has 2 heterocycles. The summed E-state index contributed by atoms with van der Waals surface area (Å²) in [6.45, 7) is 4.77. The summed E-state index contributed by atoms with van der Waals surface area (Å²) < 4.78 is 0. The maximum Gasteiger partial charge on any atom is 0.244 e. The molecule has 0 radical (unpaired) electrons. The molecule has 1 fully saturated rings. The van der Waals surface area contributed by atoms with Crippen LogP contribution in [-0.2, 0) is 11.2 Å². The molecule has 2 unspecified atom stereocenters. The first-order chi connectivity index (χ1) is 17.9. The molecule has 5 rings (SSSR count). The molecule has 3 atom stereocenters. The van der Waals surface area contributed by atoms with Crippen molar-refractivity contribution in [1.82, 2.24) is 15.2 Å². The van der Waals surface area contributed by atoms with Gasteiger partial charge >= 0.3 is 0 Å². The van der Waals surface area contributed by atoms with Crippen LogP contribution in [0.3, 0.4) is 0 Å². The average Bonchev–Trinajstić information content (AvgIpc) is 3.32. The van der Waals surface area contributed by atoms with E-state index in [9.17, 15) is 4.79 Å². The number of para-hydroxylation sites is 1. The SMILES string of the molecule is CC(c1c[nH]c2ccccc12)C(NCC1CCCCC1)C(=O)N1C[C@@H](CN(C)C)Cc2cc(Cl)ccc21. The number of anilines is 1. The van der Waals surface area contributed by atoms with Crippen molar-refractivity contribution in [3.63, 3.8) is 0 Å². The number of H-pyrrole nitrogens is 1. The summed E-state index contributed by atoms with van der Waals surface area (Å²) in [7, 11) is 4.21. The van der Waals surface area contributed by atoms with Crippen LogP contribution in [0.5, 0.6) is 0 Å². The molecule has 2 aliphatic rings. The zero-order valence-electron chi connectivity index (χ0n) is 22.5. The number of nitrogens with zero attached hydrogens (tertiary/aromatic N) is 2. The molecule has 0 saturated heterocycles. The number of hydrogen-bond donors (Lipinski definition) is 2. The van der Waals surface area contributed by atoms with E-state index < -0.39 is 0 Å². The van der Waals surface area contributed by atoms with E-state index in [4.69, 9.17) is 11.6 Å². The number of halogens is 1. The van der Waals surface area contributed by atoms with E-state index in [0.717, 1.165) is 42.3 Å². The van der Waals surface area contributed by atoms with E-state index >= 15 is 0 Å². The van der Waals surface area contributed by atoms with Gasteiger partial charge in [-0.3, -0.25) is 4.79 Å². The van der Waals surface area contributed by atoms with Gasteiger partial charge in [0.05, 0.1) is 6.04 Å². The van der Waals surface area contributed by atoms with Gasteiger partial charge in [0.25, 0.3) is 0 Å². The molecule has 0 bridgehead atoms. The Kier molecular flexibility index (Phi) is 8.23. The maximum atomic E-state index is 14.5. The van der Waals surface area contributed by atoms with E-state index in [1.54, 1.807) is 0 Å². The fourth-order valence-electron chi connectivity index (χ4n) is 6.54. The molecule has 198 valence electrons. The number of carbonyl (C=O) groups is 1. The van der Waals surface area contributed by atoms with Gasteiger partial charge in [0.1, 0.15) is 0 Å². The van der Waals surface area contributed by atoms with Gasteiger partial charge in [-0.15, -0.1) is 0 Å². The standard InChI is InChI=1S/C31H41ClN4O/c1-21(27-18-33-28-12-8-7-11-26(27)28)30(34-17-22-9-5-4-6-10-22)31(37)36-20-23(19-35(2)3)15-24-16-25(32)13-14-29(24)36/h7-8,11-14,16,18,21-23,30,33-34H,4-6,9-10,15,17,19-20H2,1-3H3/t21?,23-,30?/m1/s1. The highest BCUT2D eigenvalue weighted by molar-refractivity contribution is 6.30. The molecule has 2 aromatic carbocycles. The number of benzene rings is 2. The van der Waals surface area contributed by atoms with E-state index in [1.807, 2.05) is 23.1 Å². The Labute approximate surface area is 226 Å². The fourth-order valence-corrected chi connectivity index (χ4v) is 6.74. The molecule has 5 nitrogen and oxygen atoms in total. The van der Waals surface area contributed by atoms with E-state index in [-0.39, 0.29) is 17.9 Å². The first-order valence-electron chi connectivity index (χ1n) is 13.9. The molecule has 2 N–H and O–H groups in total. The summed E-state index contributed by atoms with van der Waals surface area (Å²) in [6.07, 6.45) is 9.49. The lowest BCUT2D eigenvalue weighted by atomic mass is 9.86. The van der Waals surface area contributed by atoms with Crippen molar-refractivity contribution in [2.24, 2.45) is 11.8 Å². The van der Waals surface area contributed by atoms with Crippen LogP contribution in [0.1, 0.15) is 56.1 Å². The number of fused-ring (bicyclic) bond motifs is 2. The minimum absolute atomic E-state index is 0.0252. The molecule has 6 heteroatoms. The van der Waals surface area contributed by atoms with Gasteiger partial charge in [-0.25, -0.2) is 0 Å². The number of carbonyl (C=O) groups excluding carboxylic acids is 1. The molecular formula is C31H41ClN4O. The monoisotopic (exact) mass is 520 g/mol. The molecular weight excluding hydrogens is 480 g/mol. The van der Waals surface area contributed by atoms with Crippen molar-refractivity contribution in [3.8, 4) is 0 Å². The van der Waals surface area contributed by atoms with Crippen LogP contribution in [0.15, 0.2) is 48.7 Å². The molecule has 37 heavy (non-hydrogen) atoms. The molecule has 0 spiro atoms. The lowest BCUT2D eigenvalue weighted by molar-refractivity contribution is -0.121. The maximum absolute atomic E-state index is 14.5. The third kappa shape index (κ3) is 5.89. The summed E-state index contributed by atoms with van der Waals surface area (Å²) in [4.78, 5) is 22.2. The molecule has 1 aliphatic carbocycles. The number of aromatic amines is 1. The Bertz CT molecular complexity index is 1210. The lowest BCUT2D eigenvalue weighted by Crippen LogP contribution is -2.53. The summed E-state index contributed by atoms with van der Waals surface area (Å²) in [5, 5.41) is 5.73. The third-order valence-electron chi connectivity index (χ3n) is 8.40. The minimum Gasteiger partial charge on any atom is -0.361 e. The van der Waals surface area contributed by atoms with Gasteiger partial charge in [0, 0.05) is 46.8 Å². The minimum atomic E-state index is -0.303. The largest absolute Gasteiger partial charge is 0.361 e.